The molecule has 21 heavy (non-hydrogen) atoms. The molecule has 0 amide bonds. The van der Waals surface area contributed by atoms with E-state index in [0.717, 1.165) is 25.8 Å². The Bertz CT molecular complexity index is 625. The molecule has 1 aliphatic carbocycles. The highest BCUT2D eigenvalue weighted by molar-refractivity contribution is 5.34. The smallest absolute Gasteiger partial charge is 0.0318 e. The Morgan fingerprint density at radius 2 is 2.05 bits per heavy atom. The summed E-state index contributed by atoms with van der Waals surface area (Å²) in [7, 11) is 0. The fraction of sp³-hybridized carbons (Fsp3) is 0.500. The Balaban J connectivity index is 1.86. The molecule has 2 aromatic heterocycles. The van der Waals surface area contributed by atoms with Gasteiger partial charge < -0.3 is 10.3 Å². The highest BCUT2D eigenvalue weighted by Crippen LogP contribution is 2.40. The van der Waals surface area contributed by atoms with Gasteiger partial charge in [-0.05, 0) is 60.9 Å². The molecule has 0 radical (unpaired) electrons. The van der Waals surface area contributed by atoms with E-state index in [9.17, 15) is 0 Å². The van der Waals surface area contributed by atoms with E-state index in [1.165, 1.54) is 22.5 Å². The predicted molar refractivity (Wildman–Crippen MR) is 86.1 cm³/mol. The average Bonchev–Trinajstić information content (AvgIpc) is 2.73. The lowest BCUT2D eigenvalue weighted by atomic mass is 9.74. The normalized spacial score (nSPS) is 20.3. The van der Waals surface area contributed by atoms with E-state index in [-0.39, 0.29) is 6.04 Å². The fourth-order valence-corrected chi connectivity index (χ4v) is 3.61. The van der Waals surface area contributed by atoms with Crippen LogP contribution in [0.4, 0.5) is 0 Å². The zero-order valence-electron chi connectivity index (χ0n) is 13.3. The maximum atomic E-state index is 6.39. The first kappa shape index (κ1) is 14.3. The maximum absolute atomic E-state index is 6.39. The third kappa shape index (κ3) is 2.88. The van der Waals surface area contributed by atoms with Crippen LogP contribution in [0.3, 0.4) is 0 Å². The average molecular weight is 283 g/mol. The van der Waals surface area contributed by atoms with E-state index < -0.39 is 0 Å². The Hall–Kier alpha value is -1.61. The number of pyridine rings is 1. The molecule has 1 aliphatic rings. The van der Waals surface area contributed by atoms with Crippen molar-refractivity contribution in [2.24, 2.45) is 11.1 Å². The largest absolute Gasteiger partial charge is 0.348 e. The summed E-state index contributed by atoms with van der Waals surface area (Å²) >= 11 is 0. The molecule has 3 rings (SSSR count). The number of aromatic nitrogens is 2. The summed E-state index contributed by atoms with van der Waals surface area (Å²) in [6.07, 6.45) is 6.98. The van der Waals surface area contributed by atoms with E-state index in [2.05, 4.69) is 48.5 Å². The first-order valence-corrected chi connectivity index (χ1v) is 7.80. The summed E-state index contributed by atoms with van der Waals surface area (Å²) in [6, 6.07) is 6.67. The molecule has 0 fully saturated rings. The van der Waals surface area contributed by atoms with E-state index in [4.69, 9.17) is 5.73 Å². The van der Waals surface area contributed by atoms with Crippen LogP contribution in [-0.4, -0.2) is 9.55 Å². The van der Waals surface area contributed by atoms with Crippen molar-refractivity contribution in [3.8, 4) is 0 Å². The van der Waals surface area contributed by atoms with E-state index in [0.29, 0.717) is 5.41 Å². The summed E-state index contributed by atoms with van der Waals surface area (Å²) in [5.74, 6) is 0. The van der Waals surface area contributed by atoms with Gasteiger partial charge in [-0.1, -0.05) is 13.8 Å². The van der Waals surface area contributed by atoms with E-state index >= 15 is 0 Å². The van der Waals surface area contributed by atoms with Gasteiger partial charge in [-0.15, -0.1) is 0 Å². The lowest BCUT2D eigenvalue weighted by Crippen LogP contribution is -2.30. The number of hydrogen-bond donors (Lipinski definition) is 1. The molecule has 0 bridgehead atoms. The van der Waals surface area contributed by atoms with Gasteiger partial charge in [0.1, 0.15) is 0 Å². The molecule has 0 saturated heterocycles. The van der Waals surface area contributed by atoms with Crippen LogP contribution in [0.2, 0.25) is 0 Å². The van der Waals surface area contributed by atoms with Crippen molar-refractivity contribution in [1.82, 2.24) is 9.55 Å². The number of hydrogen-bond acceptors (Lipinski definition) is 2. The van der Waals surface area contributed by atoms with Crippen LogP contribution in [0.5, 0.6) is 0 Å². The second-order valence-corrected chi connectivity index (χ2v) is 7.10. The predicted octanol–water partition coefficient (Wildman–Crippen LogP) is 3.41. The summed E-state index contributed by atoms with van der Waals surface area (Å²) < 4.78 is 2.47. The Labute approximate surface area is 127 Å². The minimum absolute atomic E-state index is 0.185. The van der Waals surface area contributed by atoms with E-state index in [1.54, 1.807) is 0 Å². The summed E-state index contributed by atoms with van der Waals surface area (Å²) in [5.41, 5.74) is 12.2. The Kier molecular flexibility index (Phi) is 3.62. The quantitative estimate of drug-likeness (QED) is 0.938. The van der Waals surface area contributed by atoms with Gasteiger partial charge >= 0.3 is 0 Å². The Morgan fingerprint density at radius 3 is 2.76 bits per heavy atom. The van der Waals surface area contributed by atoms with Gasteiger partial charge in [0, 0.05) is 36.4 Å². The van der Waals surface area contributed by atoms with Crippen molar-refractivity contribution < 1.29 is 0 Å². The molecule has 0 spiro atoms. The zero-order valence-corrected chi connectivity index (χ0v) is 13.3. The number of nitrogens with two attached hydrogens (primary N) is 1. The highest BCUT2D eigenvalue weighted by atomic mass is 15.0. The van der Waals surface area contributed by atoms with Gasteiger partial charge in [0.05, 0.1) is 0 Å². The molecule has 3 nitrogen and oxygen atoms in total. The molecule has 2 aromatic rings. The van der Waals surface area contributed by atoms with Gasteiger partial charge in [0.15, 0.2) is 0 Å². The summed E-state index contributed by atoms with van der Waals surface area (Å²) in [6.45, 7) is 7.87. The second kappa shape index (κ2) is 5.30. The van der Waals surface area contributed by atoms with Gasteiger partial charge in [-0.3, -0.25) is 4.98 Å². The molecule has 1 unspecified atom stereocenters. The highest BCUT2D eigenvalue weighted by Gasteiger charge is 2.33. The number of nitrogens with zero attached hydrogens (tertiary/aromatic N) is 2. The second-order valence-electron chi connectivity index (χ2n) is 7.10. The van der Waals surface area contributed by atoms with Crippen LogP contribution in [0.25, 0.3) is 0 Å². The maximum Gasteiger partial charge on any atom is 0.0318 e. The molecule has 2 N–H and O–H groups in total. The number of fused-ring (bicyclic) bond motifs is 1. The summed E-state index contributed by atoms with van der Waals surface area (Å²) in [5, 5.41) is 0. The number of aryl methyl sites for hydroxylation is 2. The van der Waals surface area contributed by atoms with Crippen LogP contribution in [0, 0.1) is 12.3 Å². The van der Waals surface area contributed by atoms with Gasteiger partial charge in [0.2, 0.25) is 0 Å². The van der Waals surface area contributed by atoms with Crippen molar-refractivity contribution >= 4 is 0 Å². The van der Waals surface area contributed by atoms with Gasteiger partial charge in [-0.2, -0.15) is 0 Å². The van der Waals surface area contributed by atoms with Crippen molar-refractivity contribution in [3.05, 3.63) is 53.1 Å². The van der Waals surface area contributed by atoms with Gasteiger partial charge in [0.25, 0.3) is 0 Å². The molecule has 1 atom stereocenters. The molecule has 0 aliphatic heterocycles. The van der Waals surface area contributed by atoms with Crippen molar-refractivity contribution in [3.63, 3.8) is 0 Å². The topological polar surface area (TPSA) is 43.8 Å². The van der Waals surface area contributed by atoms with Crippen LogP contribution in [0.15, 0.2) is 30.6 Å². The van der Waals surface area contributed by atoms with Crippen molar-refractivity contribution in [1.29, 1.82) is 0 Å². The van der Waals surface area contributed by atoms with Crippen LogP contribution in [-0.2, 0) is 19.4 Å². The van der Waals surface area contributed by atoms with Crippen molar-refractivity contribution in [2.45, 2.75) is 52.6 Å². The minimum atomic E-state index is 0.185. The SMILES string of the molecule is Cc1cc2c(n1CCc1ccncc1)CC(C)(C)CC2N. The first-order chi connectivity index (χ1) is 9.96. The first-order valence-electron chi connectivity index (χ1n) is 7.80. The summed E-state index contributed by atoms with van der Waals surface area (Å²) in [4.78, 5) is 4.08. The lowest BCUT2D eigenvalue weighted by Gasteiger charge is -2.34. The number of rotatable bonds is 3. The monoisotopic (exact) mass is 283 g/mol. The molecule has 0 aromatic carbocycles. The molecular formula is C18H25N3. The van der Waals surface area contributed by atoms with Crippen LogP contribution < -0.4 is 5.73 Å². The standard InChI is InChI=1S/C18H25N3/c1-13-10-15-16(19)11-18(2,3)12-17(15)21(13)9-6-14-4-7-20-8-5-14/h4-5,7-8,10,16H,6,9,11-12,19H2,1-3H3. The van der Waals surface area contributed by atoms with E-state index in [1.807, 2.05) is 12.4 Å². The van der Waals surface area contributed by atoms with Crippen LogP contribution in [0.1, 0.15) is 48.8 Å². The third-order valence-corrected chi connectivity index (χ3v) is 4.64. The molecule has 0 saturated carbocycles. The third-order valence-electron chi connectivity index (χ3n) is 4.64. The molecule has 2 heterocycles. The Morgan fingerprint density at radius 1 is 1.33 bits per heavy atom. The minimum Gasteiger partial charge on any atom is -0.348 e. The fourth-order valence-electron chi connectivity index (χ4n) is 3.61. The zero-order chi connectivity index (χ0) is 15.0. The van der Waals surface area contributed by atoms with Crippen molar-refractivity contribution in [2.75, 3.05) is 0 Å². The molecule has 3 heteroatoms. The van der Waals surface area contributed by atoms with Gasteiger partial charge in [-0.25, -0.2) is 0 Å². The lowest BCUT2D eigenvalue weighted by molar-refractivity contribution is 0.275. The molecule has 112 valence electrons. The van der Waals surface area contributed by atoms with Crippen LogP contribution >= 0.6 is 0 Å². The molecular weight excluding hydrogens is 258 g/mol.